The van der Waals surface area contributed by atoms with Crippen LogP contribution in [-0.4, -0.2) is 133 Å². The van der Waals surface area contributed by atoms with Crippen molar-refractivity contribution >= 4 is 22.6 Å². The highest BCUT2D eigenvalue weighted by atomic mass is 19.1. The summed E-state index contributed by atoms with van der Waals surface area (Å²) in [5, 5.41) is 11.4. The molecular weight excluding hydrogens is 589 g/mol. The van der Waals surface area contributed by atoms with Crippen LogP contribution in [0.4, 0.5) is 4.39 Å². The van der Waals surface area contributed by atoms with Crippen LogP contribution < -0.4 is 10.9 Å². The number of fused-ring (bicyclic) bond motifs is 1. The Morgan fingerprint density at radius 2 is 1.61 bits per heavy atom. The van der Waals surface area contributed by atoms with Crippen LogP contribution in [0, 0.1) is 11.7 Å². The maximum atomic E-state index is 14.8. The van der Waals surface area contributed by atoms with E-state index >= 15 is 0 Å². The van der Waals surface area contributed by atoms with Crippen molar-refractivity contribution < 1.29 is 18.7 Å². The lowest BCUT2D eigenvalue weighted by Crippen LogP contribution is -2.51. The summed E-state index contributed by atoms with van der Waals surface area (Å²) in [7, 11) is 0. The Morgan fingerprint density at radius 3 is 2.37 bits per heavy atom. The molecular formula is C34H44FN7O4. The second-order valence-corrected chi connectivity index (χ2v) is 12.6. The van der Waals surface area contributed by atoms with Crippen molar-refractivity contribution in [3.05, 3.63) is 75.5 Å². The molecule has 2 N–H and O–H groups in total. The second kappa shape index (κ2) is 15.3. The molecule has 0 radical (unpaired) electrons. The number of aromatic amines is 1. The number of ether oxygens (including phenoxy) is 1. The van der Waals surface area contributed by atoms with Crippen molar-refractivity contribution in [1.29, 1.82) is 0 Å². The molecule has 1 aromatic heterocycles. The van der Waals surface area contributed by atoms with Gasteiger partial charge in [-0.05, 0) is 55.6 Å². The molecule has 0 saturated carbocycles. The van der Waals surface area contributed by atoms with E-state index in [2.05, 4.69) is 25.3 Å². The minimum Gasteiger partial charge on any atom is -0.370 e. The number of carbonyl (C=O) groups is 2. The molecule has 2 amide bonds. The third-order valence-corrected chi connectivity index (χ3v) is 9.54. The molecule has 3 aliphatic heterocycles. The number of rotatable bonds is 10. The summed E-state index contributed by atoms with van der Waals surface area (Å²) >= 11 is 0. The summed E-state index contributed by atoms with van der Waals surface area (Å²) < 4.78 is 20.6. The lowest BCUT2D eigenvalue weighted by molar-refractivity contribution is -0.137. The number of amides is 2. The topological polar surface area (TPSA) is 114 Å². The van der Waals surface area contributed by atoms with Gasteiger partial charge in [-0.15, -0.1) is 0 Å². The van der Waals surface area contributed by atoms with Crippen molar-refractivity contribution in [3.63, 3.8) is 0 Å². The number of halogens is 1. The quantitative estimate of drug-likeness (QED) is 0.324. The monoisotopic (exact) mass is 633 g/mol. The number of nitrogens with one attached hydrogen (secondary N) is 2. The fraction of sp³-hybridized carbons (Fsp3) is 0.529. The number of nitrogens with zero attached hydrogens (tertiary/aromatic N) is 5. The average Bonchev–Trinajstić information content (AvgIpc) is 3.09. The summed E-state index contributed by atoms with van der Waals surface area (Å²) in [6.45, 7) is 10.6. The van der Waals surface area contributed by atoms with Gasteiger partial charge in [0.25, 0.3) is 11.5 Å². The lowest BCUT2D eigenvalue weighted by atomic mass is 9.96. The van der Waals surface area contributed by atoms with E-state index in [1.54, 1.807) is 34.1 Å². The van der Waals surface area contributed by atoms with Gasteiger partial charge in [-0.2, -0.15) is 5.10 Å². The number of aromatic nitrogens is 2. The molecule has 3 aromatic rings. The van der Waals surface area contributed by atoms with Crippen LogP contribution in [0.1, 0.15) is 34.5 Å². The predicted molar refractivity (Wildman–Crippen MR) is 173 cm³/mol. The number of likely N-dealkylation sites (tertiary alicyclic amines) is 1. The first-order valence-corrected chi connectivity index (χ1v) is 16.5. The van der Waals surface area contributed by atoms with Gasteiger partial charge in [0.2, 0.25) is 5.91 Å². The molecule has 0 unspecified atom stereocenters. The standard InChI is InChI=1S/C34H44FN7O4/c35-30-6-5-26(22-31-27-3-1-2-4-28(27)33(44)38-37-31)21-29(30)34(45)42-17-15-41(16-18-42)32(43)24-46-20-19-39-11-7-25(8-12-39)23-40-13-9-36-10-14-40/h1-6,21,25,36H,7-20,22-24H2,(H,38,44). The number of piperazine rings is 2. The van der Waals surface area contributed by atoms with E-state index in [9.17, 15) is 18.8 Å². The van der Waals surface area contributed by atoms with E-state index in [0.717, 1.165) is 57.1 Å². The molecule has 0 spiro atoms. The van der Waals surface area contributed by atoms with E-state index in [1.165, 1.54) is 25.5 Å². The van der Waals surface area contributed by atoms with Gasteiger partial charge in [0.15, 0.2) is 0 Å². The van der Waals surface area contributed by atoms with Gasteiger partial charge in [0, 0.05) is 77.3 Å². The smallest absolute Gasteiger partial charge is 0.272 e. The highest BCUT2D eigenvalue weighted by Gasteiger charge is 2.27. The first kappa shape index (κ1) is 32.2. The number of H-pyrrole nitrogens is 1. The molecule has 3 saturated heterocycles. The van der Waals surface area contributed by atoms with Gasteiger partial charge in [-0.3, -0.25) is 14.4 Å². The molecule has 6 rings (SSSR count). The van der Waals surface area contributed by atoms with Crippen molar-refractivity contribution in [2.75, 3.05) is 91.8 Å². The molecule has 46 heavy (non-hydrogen) atoms. The maximum Gasteiger partial charge on any atom is 0.272 e. The molecule has 3 fully saturated rings. The van der Waals surface area contributed by atoms with Crippen LogP contribution >= 0.6 is 0 Å². The normalized spacial score (nSPS) is 18.7. The van der Waals surface area contributed by atoms with Crippen molar-refractivity contribution in [1.82, 2.24) is 35.1 Å². The van der Waals surface area contributed by atoms with Crippen LogP contribution in [0.15, 0.2) is 47.3 Å². The molecule has 0 bridgehead atoms. The van der Waals surface area contributed by atoms with E-state index in [4.69, 9.17) is 4.74 Å². The lowest BCUT2D eigenvalue weighted by Gasteiger charge is -2.36. The van der Waals surface area contributed by atoms with Gasteiger partial charge < -0.3 is 29.7 Å². The third-order valence-electron chi connectivity index (χ3n) is 9.54. The molecule has 0 atom stereocenters. The van der Waals surface area contributed by atoms with Crippen LogP contribution in [0.2, 0.25) is 0 Å². The number of piperidine rings is 1. The van der Waals surface area contributed by atoms with Crippen LogP contribution in [0.3, 0.4) is 0 Å². The molecule has 4 heterocycles. The van der Waals surface area contributed by atoms with E-state index in [-0.39, 0.29) is 23.6 Å². The first-order chi connectivity index (χ1) is 22.4. The number of hydrogen-bond acceptors (Lipinski definition) is 8. The van der Waals surface area contributed by atoms with Gasteiger partial charge in [-0.1, -0.05) is 24.3 Å². The van der Waals surface area contributed by atoms with Crippen LogP contribution in [0.5, 0.6) is 0 Å². The molecule has 246 valence electrons. The number of benzene rings is 2. The largest absolute Gasteiger partial charge is 0.370 e. The highest BCUT2D eigenvalue weighted by molar-refractivity contribution is 5.95. The number of hydrogen-bond donors (Lipinski definition) is 2. The van der Waals surface area contributed by atoms with Gasteiger partial charge >= 0.3 is 0 Å². The Morgan fingerprint density at radius 1 is 0.891 bits per heavy atom. The Balaban J connectivity index is 0.925. The molecule has 12 heteroatoms. The van der Waals surface area contributed by atoms with Crippen molar-refractivity contribution in [3.8, 4) is 0 Å². The minimum absolute atomic E-state index is 0.0119. The Kier molecular flexibility index (Phi) is 10.7. The average molecular weight is 634 g/mol. The van der Waals surface area contributed by atoms with Crippen LogP contribution in [0.25, 0.3) is 10.8 Å². The zero-order valence-electron chi connectivity index (χ0n) is 26.4. The third kappa shape index (κ3) is 7.98. The van der Waals surface area contributed by atoms with Crippen molar-refractivity contribution in [2.24, 2.45) is 5.92 Å². The summed E-state index contributed by atoms with van der Waals surface area (Å²) in [6, 6.07) is 11.7. The first-order valence-electron chi connectivity index (χ1n) is 16.5. The van der Waals surface area contributed by atoms with Gasteiger partial charge in [0.1, 0.15) is 12.4 Å². The SMILES string of the molecule is O=C(COCCN1CCC(CN2CCNCC2)CC1)N1CCN(C(=O)c2cc(Cc3n[nH]c(=O)c4ccccc34)ccc2F)CC1. The molecule has 11 nitrogen and oxygen atoms in total. The van der Waals surface area contributed by atoms with Crippen LogP contribution in [-0.2, 0) is 16.0 Å². The summed E-state index contributed by atoms with van der Waals surface area (Å²) in [5.41, 5.74) is 1.06. The highest BCUT2D eigenvalue weighted by Crippen LogP contribution is 2.21. The second-order valence-electron chi connectivity index (χ2n) is 12.6. The summed E-state index contributed by atoms with van der Waals surface area (Å²) in [5.74, 6) is -0.318. The molecule has 0 aliphatic carbocycles. The fourth-order valence-corrected chi connectivity index (χ4v) is 6.77. The zero-order valence-corrected chi connectivity index (χ0v) is 26.4. The fourth-order valence-electron chi connectivity index (χ4n) is 6.77. The number of carbonyl (C=O) groups excluding carboxylic acids is 2. The Bertz CT molecular complexity index is 1560. The van der Waals surface area contributed by atoms with E-state index in [0.29, 0.717) is 55.9 Å². The molecule has 3 aliphatic rings. The van der Waals surface area contributed by atoms with Crippen molar-refractivity contribution in [2.45, 2.75) is 19.3 Å². The zero-order chi connectivity index (χ0) is 31.9. The summed E-state index contributed by atoms with van der Waals surface area (Å²) in [4.78, 5) is 46.6. The van der Waals surface area contributed by atoms with E-state index < -0.39 is 11.7 Å². The van der Waals surface area contributed by atoms with E-state index in [1.807, 2.05) is 12.1 Å². The molecule has 2 aromatic carbocycles. The summed E-state index contributed by atoms with van der Waals surface area (Å²) in [6.07, 6.45) is 2.75. The maximum absolute atomic E-state index is 14.8. The van der Waals surface area contributed by atoms with Gasteiger partial charge in [0.05, 0.1) is 23.3 Å². The Labute approximate surface area is 268 Å². The Hall–Kier alpha value is -3.71. The predicted octanol–water partition coefficient (Wildman–Crippen LogP) is 1.57. The minimum atomic E-state index is -0.594. The van der Waals surface area contributed by atoms with Gasteiger partial charge in [-0.25, -0.2) is 9.49 Å².